The Hall–Kier alpha value is -0.730. The molecule has 2 atom stereocenters. The van der Waals surface area contributed by atoms with Gasteiger partial charge in [-0.1, -0.05) is 72.2 Å². The molecule has 20 heavy (non-hydrogen) atoms. The van der Waals surface area contributed by atoms with Crippen LogP contribution in [0.3, 0.4) is 0 Å². The highest BCUT2D eigenvalue weighted by molar-refractivity contribution is 9.09. The Labute approximate surface area is 135 Å². The fourth-order valence-electron chi connectivity index (χ4n) is 2.28. The lowest BCUT2D eigenvalue weighted by Crippen LogP contribution is -1.97. The maximum Gasteiger partial charge on any atom is 0.0655 e. The van der Waals surface area contributed by atoms with E-state index in [9.17, 15) is 0 Å². The molecule has 0 saturated carbocycles. The van der Waals surface area contributed by atoms with Gasteiger partial charge in [-0.25, -0.2) is 0 Å². The standard InChI is InChI=1S/C18H21BrS/c1-4-13(2)14-9-11-15(12-10-14)18(19)16-7-5-6-8-17(16)20-3/h5-13,18H,4H2,1-3H3. The van der Waals surface area contributed by atoms with Gasteiger partial charge >= 0.3 is 0 Å². The van der Waals surface area contributed by atoms with Gasteiger partial charge in [0.05, 0.1) is 4.83 Å². The third-order valence-corrected chi connectivity index (χ3v) is 5.66. The quantitative estimate of drug-likeness (QED) is 0.444. The molecule has 2 aromatic carbocycles. The first-order valence-corrected chi connectivity index (χ1v) is 9.18. The summed E-state index contributed by atoms with van der Waals surface area (Å²) in [5.74, 6) is 0.635. The molecule has 0 N–H and O–H groups in total. The van der Waals surface area contributed by atoms with Gasteiger partial charge in [0.25, 0.3) is 0 Å². The van der Waals surface area contributed by atoms with E-state index in [0.29, 0.717) is 5.92 Å². The molecule has 0 fully saturated rings. The molecule has 0 nitrogen and oxygen atoms in total. The van der Waals surface area contributed by atoms with Gasteiger partial charge in [0.2, 0.25) is 0 Å². The van der Waals surface area contributed by atoms with Gasteiger partial charge in [-0.15, -0.1) is 11.8 Å². The molecule has 0 aliphatic rings. The molecule has 2 heteroatoms. The Balaban J connectivity index is 2.27. The Morgan fingerprint density at radius 2 is 1.60 bits per heavy atom. The third kappa shape index (κ3) is 3.48. The predicted molar refractivity (Wildman–Crippen MR) is 94.1 cm³/mol. The number of benzene rings is 2. The van der Waals surface area contributed by atoms with Crippen molar-refractivity contribution in [2.75, 3.05) is 6.26 Å². The topological polar surface area (TPSA) is 0 Å². The maximum absolute atomic E-state index is 3.85. The lowest BCUT2D eigenvalue weighted by atomic mass is 9.96. The molecule has 0 radical (unpaired) electrons. The molecule has 0 aliphatic carbocycles. The van der Waals surface area contributed by atoms with Crippen molar-refractivity contribution in [3.63, 3.8) is 0 Å². The summed E-state index contributed by atoms with van der Waals surface area (Å²) < 4.78 is 0. The second-order valence-corrected chi connectivity index (χ2v) is 6.84. The van der Waals surface area contributed by atoms with Crippen LogP contribution in [-0.4, -0.2) is 6.26 Å². The van der Waals surface area contributed by atoms with Gasteiger partial charge in [0.15, 0.2) is 0 Å². The number of hydrogen-bond donors (Lipinski definition) is 0. The van der Waals surface area contributed by atoms with Crippen LogP contribution >= 0.6 is 27.7 Å². The van der Waals surface area contributed by atoms with Crippen LogP contribution in [0.15, 0.2) is 53.4 Å². The van der Waals surface area contributed by atoms with Gasteiger partial charge in [-0.3, -0.25) is 0 Å². The summed E-state index contributed by atoms with van der Waals surface area (Å²) in [5, 5.41) is 0. The molecule has 2 aromatic rings. The Bertz CT molecular complexity index is 548. The van der Waals surface area contributed by atoms with E-state index in [-0.39, 0.29) is 4.83 Å². The molecular weight excluding hydrogens is 328 g/mol. The summed E-state index contributed by atoms with van der Waals surface area (Å²) in [6.07, 6.45) is 3.32. The second-order valence-electron chi connectivity index (χ2n) is 5.08. The van der Waals surface area contributed by atoms with E-state index in [1.54, 1.807) is 11.8 Å². The Morgan fingerprint density at radius 3 is 2.20 bits per heavy atom. The average molecular weight is 349 g/mol. The van der Waals surface area contributed by atoms with E-state index < -0.39 is 0 Å². The lowest BCUT2D eigenvalue weighted by molar-refractivity contribution is 0.733. The molecule has 0 aromatic heterocycles. The zero-order valence-electron chi connectivity index (χ0n) is 12.3. The van der Waals surface area contributed by atoms with Crippen LogP contribution in [0.4, 0.5) is 0 Å². The average Bonchev–Trinajstić information content (AvgIpc) is 2.53. The highest BCUT2D eigenvalue weighted by Gasteiger charge is 2.14. The van der Waals surface area contributed by atoms with Gasteiger partial charge in [-0.05, 0) is 41.4 Å². The second kappa shape index (κ2) is 7.33. The van der Waals surface area contributed by atoms with Crippen molar-refractivity contribution < 1.29 is 0 Å². The number of halogens is 1. The molecule has 0 spiro atoms. The van der Waals surface area contributed by atoms with Crippen molar-refractivity contribution in [3.8, 4) is 0 Å². The first-order valence-electron chi connectivity index (χ1n) is 7.04. The van der Waals surface area contributed by atoms with Crippen LogP contribution < -0.4 is 0 Å². The Morgan fingerprint density at radius 1 is 1.00 bits per heavy atom. The van der Waals surface area contributed by atoms with E-state index in [2.05, 4.69) is 84.6 Å². The fraction of sp³-hybridized carbons (Fsp3) is 0.333. The number of rotatable bonds is 5. The van der Waals surface area contributed by atoms with Gasteiger partial charge in [-0.2, -0.15) is 0 Å². The van der Waals surface area contributed by atoms with Crippen molar-refractivity contribution in [2.24, 2.45) is 0 Å². The summed E-state index contributed by atoms with van der Waals surface area (Å²) in [4.78, 5) is 1.59. The third-order valence-electron chi connectivity index (χ3n) is 3.82. The molecule has 0 aliphatic heterocycles. The van der Waals surface area contributed by atoms with Crippen molar-refractivity contribution in [3.05, 3.63) is 65.2 Å². The molecular formula is C18H21BrS. The summed E-state index contributed by atoms with van der Waals surface area (Å²) in [6, 6.07) is 17.6. The minimum absolute atomic E-state index is 0.261. The van der Waals surface area contributed by atoms with Gasteiger partial charge < -0.3 is 0 Å². The van der Waals surface area contributed by atoms with Gasteiger partial charge in [0, 0.05) is 4.90 Å². The molecule has 0 saturated heterocycles. The molecule has 0 amide bonds. The van der Waals surface area contributed by atoms with Gasteiger partial charge in [0.1, 0.15) is 0 Å². The molecule has 106 valence electrons. The van der Waals surface area contributed by atoms with Crippen LogP contribution in [0.1, 0.15) is 47.7 Å². The van der Waals surface area contributed by atoms with E-state index in [1.165, 1.54) is 28.0 Å². The monoisotopic (exact) mass is 348 g/mol. The van der Waals surface area contributed by atoms with E-state index in [0.717, 1.165) is 0 Å². The van der Waals surface area contributed by atoms with Crippen LogP contribution in [0.2, 0.25) is 0 Å². The zero-order valence-corrected chi connectivity index (χ0v) is 14.7. The van der Waals surface area contributed by atoms with Crippen molar-refractivity contribution in [2.45, 2.75) is 35.9 Å². The smallest absolute Gasteiger partial charge is 0.0655 e. The van der Waals surface area contributed by atoms with E-state index in [1.807, 2.05) is 0 Å². The van der Waals surface area contributed by atoms with Crippen molar-refractivity contribution >= 4 is 27.7 Å². The van der Waals surface area contributed by atoms with E-state index >= 15 is 0 Å². The first kappa shape index (κ1) is 15.7. The minimum Gasteiger partial charge on any atom is -0.129 e. The highest BCUT2D eigenvalue weighted by Crippen LogP contribution is 2.36. The van der Waals surface area contributed by atoms with Crippen LogP contribution in [0.5, 0.6) is 0 Å². The Kier molecular flexibility index (Phi) is 5.74. The number of alkyl halides is 1. The number of hydrogen-bond acceptors (Lipinski definition) is 1. The molecule has 0 heterocycles. The van der Waals surface area contributed by atoms with Crippen LogP contribution in [0, 0.1) is 0 Å². The lowest BCUT2D eigenvalue weighted by Gasteiger charge is -2.16. The van der Waals surface area contributed by atoms with Crippen LogP contribution in [-0.2, 0) is 0 Å². The van der Waals surface area contributed by atoms with Crippen molar-refractivity contribution in [1.29, 1.82) is 0 Å². The summed E-state index contributed by atoms with van der Waals surface area (Å²) in [7, 11) is 0. The van der Waals surface area contributed by atoms with E-state index in [4.69, 9.17) is 0 Å². The number of thioether (sulfide) groups is 1. The summed E-state index contributed by atoms with van der Waals surface area (Å²) in [5.41, 5.74) is 4.09. The largest absolute Gasteiger partial charge is 0.129 e. The summed E-state index contributed by atoms with van der Waals surface area (Å²) in [6.45, 7) is 4.52. The molecule has 0 bridgehead atoms. The predicted octanol–water partition coefficient (Wildman–Crippen LogP) is 6.41. The minimum atomic E-state index is 0.261. The van der Waals surface area contributed by atoms with Crippen molar-refractivity contribution in [1.82, 2.24) is 0 Å². The summed E-state index contributed by atoms with van der Waals surface area (Å²) >= 11 is 5.65. The highest BCUT2D eigenvalue weighted by atomic mass is 79.9. The first-order chi connectivity index (χ1) is 9.67. The van der Waals surface area contributed by atoms with Crippen LogP contribution in [0.25, 0.3) is 0 Å². The SMILES string of the molecule is CCC(C)c1ccc(C(Br)c2ccccc2SC)cc1. The molecule has 2 unspecified atom stereocenters. The molecule has 2 rings (SSSR count). The fourth-order valence-corrected chi connectivity index (χ4v) is 3.78. The zero-order chi connectivity index (χ0) is 14.5. The maximum atomic E-state index is 3.85. The normalized spacial score (nSPS) is 14.0.